The third kappa shape index (κ3) is 4.55. The predicted molar refractivity (Wildman–Crippen MR) is 121 cm³/mol. The van der Waals surface area contributed by atoms with E-state index in [9.17, 15) is 21.6 Å². The molecule has 3 aromatic rings. The highest BCUT2D eigenvalue weighted by Gasteiger charge is 2.35. The van der Waals surface area contributed by atoms with Gasteiger partial charge in [-0.1, -0.05) is 6.07 Å². The second kappa shape index (κ2) is 8.16. The van der Waals surface area contributed by atoms with Crippen molar-refractivity contribution in [3.05, 3.63) is 65.9 Å². The van der Waals surface area contributed by atoms with E-state index in [-0.39, 0.29) is 16.3 Å². The van der Waals surface area contributed by atoms with Gasteiger partial charge in [-0.25, -0.2) is 18.2 Å². The van der Waals surface area contributed by atoms with Gasteiger partial charge in [0, 0.05) is 31.6 Å². The first-order valence-electron chi connectivity index (χ1n) is 9.77. The van der Waals surface area contributed by atoms with E-state index in [4.69, 9.17) is 5.14 Å². The molecule has 0 fully saturated rings. The van der Waals surface area contributed by atoms with Gasteiger partial charge in [-0.2, -0.15) is 18.3 Å². The van der Waals surface area contributed by atoms with Crippen LogP contribution in [0, 0.1) is 0 Å². The highest BCUT2D eigenvalue weighted by atomic mass is 32.2. The SMILES string of the molecule is CN(C)c1ccc(C2=CC=NC2)cc1-c1cc(C(F)(F)F)nn1-c1ccc(S(N)(=O)=O)cc1. The molecular weight excluding hydrogens is 455 g/mol. The Morgan fingerprint density at radius 3 is 2.30 bits per heavy atom. The van der Waals surface area contributed by atoms with Crippen molar-refractivity contribution in [1.29, 1.82) is 0 Å². The monoisotopic (exact) mass is 475 g/mol. The standard InChI is InChI=1S/C22H20F3N5O2S/c1-29(2)19-8-3-14(15-9-10-27-13-15)11-18(19)20-12-21(22(23,24)25)28-30(20)16-4-6-17(7-5-16)33(26,31)32/h3-12H,13H2,1-2H3,(H2,26,31,32). The fourth-order valence-corrected chi connectivity index (χ4v) is 4.07. The minimum atomic E-state index is -4.67. The van der Waals surface area contributed by atoms with Gasteiger partial charge in [-0.05, 0) is 59.7 Å². The lowest BCUT2D eigenvalue weighted by Crippen LogP contribution is -2.13. The molecule has 2 heterocycles. The maximum atomic E-state index is 13.6. The summed E-state index contributed by atoms with van der Waals surface area (Å²) in [7, 11) is -0.361. The number of anilines is 1. The predicted octanol–water partition coefficient (Wildman–Crippen LogP) is 3.74. The molecule has 2 aromatic carbocycles. The Bertz CT molecular complexity index is 1370. The molecule has 0 atom stereocenters. The highest BCUT2D eigenvalue weighted by molar-refractivity contribution is 7.89. The molecule has 4 rings (SSSR count). The van der Waals surface area contributed by atoms with Crippen LogP contribution >= 0.6 is 0 Å². The van der Waals surface area contributed by atoms with E-state index in [1.807, 2.05) is 24.3 Å². The Labute approximate surface area is 188 Å². The number of hydrogen-bond donors (Lipinski definition) is 1. The molecular formula is C22H20F3N5O2S. The van der Waals surface area contributed by atoms with Crippen molar-refractivity contribution in [3.63, 3.8) is 0 Å². The number of nitrogens with zero attached hydrogens (tertiary/aromatic N) is 4. The second-order valence-electron chi connectivity index (χ2n) is 7.67. The van der Waals surface area contributed by atoms with Crippen molar-refractivity contribution in [2.24, 2.45) is 10.1 Å². The van der Waals surface area contributed by atoms with Crippen LogP contribution in [-0.4, -0.2) is 45.1 Å². The summed E-state index contributed by atoms with van der Waals surface area (Å²) in [4.78, 5) is 5.82. The molecule has 0 bridgehead atoms. The number of sulfonamides is 1. The maximum absolute atomic E-state index is 13.6. The van der Waals surface area contributed by atoms with Crippen LogP contribution in [0.5, 0.6) is 0 Å². The molecule has 33 heavy (non-hydrogen) atoms. The summed E-state index contributed by atoms with van der Waals surface area (Å²) in [5, 5.41) is 8.94. The zero-order chi connectivity index (χ0) is 24.0. The Morgan fingerprint density at radius 2 is 1.76 bits per heavy atom. The van der Waals surface area contributed by atoms with Crippen molar-refractivity contribution in [3.8, 4) is 16.9 Å². The summed E-state index contributed by atoms with van der Waals surface area (Å²) in [5.41, 5.74) is 2.40. The largest absolute Gasteiger partial charge is 0.435 e. The molecule has 7 nitrogen and oxygen atoms in total. The number of aromatic nitrogens is 2. The van der Waals surface area contributed by atoms with E-state index in [1.54, 1.807) is 25.2 Å². The Morgan fingerprint density at radius 1 is 1.06 bits per heavy atom. The average molecular weight is 475 g/mol. The van der Waals surface area contributed by atoms with E-state index in [0.29, 0.717) is 17.8 Å². The maximum Gasteiger partial charge on any atom is 0.435 e. The van der Waals surface area contributed by atoms with Crippen LogP contribution < -0.4 is 10.0 Å². The van der Waals surface area contributed by atoms with E-state index in [0.717, 1.165) is 21.9 Å². The fourth-order valence-electron chi connectivity index (χ4n) is 3.55. The number of allylic oxidation sites excluding steroid dienone is 1. The van der Waals surface area contributed by atoms with Gasteiger partial charge < -0.3 is 4.90 Å². The van der Waals surface area contributed by atoms with Gasteiger partial charge in [0.25, 0.3) is 0 Å². The van der Waals surface area contributed by atoms with Gasteiger partial charge in [0.15, 0.2) is 5.69 Å². The van der Waals surface area contributed by atoms with Gasteiger partial charge >= 0.3 is 6.18 Å². The van der Waals surface area contributed by atoms with Crippen molar-refractivity contribution < 1.29 is 21.6 Å². The number of hydrogen-bond acceptors (Lipinski definition) is 5. The van der Waals surface area contributed by atoms with E-state index < -0.39 is 21.9 Å². The number of aliphatic imine (C=N–C) groups is 1. The summed E-state index contributed by atoms with van der Waals surface area (Å²) in [6.45, 7) is 0.489. The molecule has 2 N–H and O–H groups in total. The average Bonchev–Trinajstić information content (AvgIpc) is 3.43. The van der Waals surface area contributed by atoms with Crippen molar-refractivity contribution in [1.82, 2.24) is 9.78 Å². The third-order valence-corrected chi connectivity index (χ3v) is 6.11. The molecule has 0 saturated heterocycles. The summed E-state index contributed by atoms with van der Waals surface area (Å²) in [6, 6.07) is 11.7. The molecule has 0 amide bonds. The van der Waals surface area contributed by atoms with Gasteiger partial charge in [0.2, 0.25) is 10.0 Å². The number of alkyl halides is 3. The lowest BCUT2D eigenvalue weighted by Gasteiger charge is -2.20. The minimum absolute atomic E-state index is 0.153. The van der Waals surface area contributed by atoms with Gasteiger partial charge in [-0.15, -0.1) is 0 Å². The van der Waals surface area contributed by atoms with Crippen LogP contribution in [0.2, 0.25) is 0 Å². The van der Waals surface area contributed by atoms with Crippen LogP contribution in [0.1, 0.15) is 11.3 Å². The van der Waals surface area contributed by atoms with Crippen LogP contribution in [0.25, 0.3) is 22.5 Å². The number of primary sulfonamides is 1. The zero-order valence-electron chi connectivity index (χ0n) is 17.7. The smallest absolute Gasteiger partial charge is 0.377 e. The number of halogens is 3. The van der Waals surface area contributed by atoms with Crippen molar-refractivity contribution in [2.45, 2.75) is 11.1 Å². The van der Waals surface area contributed by atoms with E-state index in [1.165, 1.54) is 24.3 Å². The summed E-state index contributed by atoms with van der Waals surface area (Å²) >= 11 is 0. The zero-order valence-corrected chi connectivity index (χ0v) is 18.5. The first kappa shape index (κ1) is 22.7. The molecule has 172 valence electrons. The van der Waals surface area contributed by atoms with E-state index >= 15 is 0 Å². The molecule has 0 unspecified atom stereocenters. The molecule has 0 saturated carbocycles. The number of nitrogens with two attached hydrogens (primary N) is 1. The molecule has 0 spiro atoms. The van der Waals surface area contributed by atoms with Gasteiger partial charge in [0.05, 0.1) is 22.8 Å². The third-order valence-electron chi connectivity index (χ3n) is 5.18. The molecule has 1 aliphatic rings. The molecule has 1 aliphatic heterocycles. The second-order valence-corrected chi connectivity index (χ2v) is 9.23. The van der Waals surface area contributed by atoms with Crippen molar-refractivity contribution in [2.75, 3.05) is 25.5 Å². The lowest BCUT2D eigenvalue weighted by atomic mass is 9.99. The Balaban J connectivity index is 1.94. The number of benzene rings is 2. The van der Waals surface area contributed by atoms with Crippen molar-refractivity contribution >= 4 is 27.5 Å². The summed E-state index contributed by atoms with van der Waals surface area (Å²) < 4.78 is 65.1. The Kier molecular flexibility index (Phi) is 5.62. The summed E-state index contributed by atoms with van der Waals surface area (Å²) in [5.74, 6) is 0. The highest BCUT2D eigenvalue weighted by Crippen LogP contribution is 2.38. The Hall–Kier alpha value is -3.44. The fraction of sp³-hybridized carbons (Fsp3) is 0.182. The number of rotatable bonds is 5. The topological polar surface area (TPSA) is 93.6 Å². The molecule has 0 aliphatic carbocycles. The van der Waals surface area contributed by atoms with Crippen LogP contribution in [0.3, 0.4) is 0 Å². The first-order valence-corrected chi connectivity index (χ1v) is 11.3. The molecule has 0 radical (unpaired) electrons. The van der Waals surface area contributed by atoms with Gasteiger partial charge in [0.1, 0.15) is 0 Å². The van der Waals surface area contributed by atoms with Crippen LogP contribution in [0.4, 0.5) is 18.9 Å². The summed E-state index contributed by atoms with van der Waals surface area (Å²) in [6.07, 6.45) is -1.12. The van der Waals surface area contributed by atoms with E-state index in [2.05, 4.69) is 10.1 Å². The molecule has 1 aromatic heterocycles. The molecule has 11 heteroatoms. The van der Waals surface area contributed by atoms with Gasteiger partial charge in [-0.3, -0.25) is 4.99 Å². The lowest BCUT2D eigenvalue weighted by molar-refractivity contribution is -0.141. The first-order chi connectivity index (χ1) is 15.4. The minimum Gasteiger partial charge on any atom is -0.377 e. The normalized spacial score (nSPS) is 13.9. The quantitative estimate of drug-likeness (QED) is 0.608. The van der Waals surface area contributed by atoms with Crippen LogP contribution in [0.15, 0.2) is 64.5 Å². The van der Waals surface area contributed by atoms with Crippen LogP contribution in [-0.2, 0) is 16.2 Å².